The Labute approximate surface area is 150 Å². The molecule has 3 rings (SSSR count). The Kier molecular flexibility index (Phi) is 5.28. The molecule has 1 unspecified atom stereocenters. The summed E-state index contributed by atoms with van der Waals surface area (Å²) in [5.74, 6) is 0.105. The number of amides is 2. The van der Waals surface area contributed by atoms with Gasteiger partial charge in [0.1, 0.15) is 15.8 Å². The first-order valence-electron chi connectivity index (χ1n) is 8.08. The molecular weight excluding hydrogens is 340 g/mol. The van der Waals surface area contributed by atoms with Gasteiger partial charge in [-0.3, -0.25) is 9.59 Å². The van der Waals surface area contributed by atoms with Crippen molar-refractivity contribution in [3.8, 4) is 5.75 Å². The average molecular weight is 360 g/mol. The molecule has 1 aliphatic rings. The molecule has 2 aromatic rings. The van der Waals surface area contributed by atoms with E-state index in [9.17, 15) is 9.59 Å². The number of carbonyl (C=O) groups is 2. The number of hydrogen-bond donors (Lipinski definition) is 1. The van der Waals surface area contributed by atoms with Crippen LogP contribution in [0.15, 0.2) is 24.3 Å². The smallest absolute Gasteiger partial charge is 0.227 e. The molecule has 0 radical (unpaired) electrons. The number of benzene rings is 1. The zero-order valence-corrected chi connectivity index (χ0v) is 15.0. The molecule has 1 aliphatic heterocycles. The number of ether oxygens (including phenoxy) is 1. The summed E-state index contributed by atoms with van der Waals surface area (Å²) in [6, 6.07) is 7.33. The molecule has 0 saturated carbocycles. The van der Waals surface area contributed by atoms with Gasteiger partial charge in [-0.1, -0.05) is 12.1 Å². The van der Waals surface area contributed by atoms with Crippen molar-refractivity contribution in [3.63, 3.8) is 0 Å². The SMILES string of the molecule is COc1ccccc1N1CC(C(=O)NCCc2nnc(C)s2)CC1=O. The lowest BCUT2D eigenvalue weighted by Gasteiger charge is -2.19. The summed E-state index contributed by atoms with van der Waals surface area (Å²) in [7, 11) is 1.57. The van der Waals surface area contributed by atoms with Crippen LogP contribution < -0.4 is 15.0 Å². The molecule has 25 heavy (non-hydrogen) atoms. The zero-order chi connectivity index (χ0) is 17.8. The van der Waals surface area contributed by atoms with Crippen molar-refractivity contribution >= 4 is 28.8 Å². The summed E-state index contributed by atoms with van der Waals surface area (Å²) < 4.78 is 5.31. The Morgan fingerprint density at radius 1 is 1.40 bits per heavy atom. The van der Waals surface area contributed by atoms with E-state index in [-0.39, 0.29) is 24.2 Å². The van der Waals surface area contributed by atoms with Crippen LogP contribution in [0.2, 0.25) is 0 Å². The Morgan fingerprint density at radius 2 is 2.20 bits per heavy atom. The third-order valence-electron chi connectivity index (χ3n) is 4.08. The van der Waals surface area contributed by atoms with Gasteiger partial charge in [0.05, 0.1) is 18.7 Å². The second kappa shape index (κ2) is 7.60. The maximum absolute atomic E-state index is 12.4. The van der Waals surface area contributed by atoms with Gasteiger partial charge in [0.15, 0.2) is 0 Å². The van der Waals surface area contributed by atoms with Crippen LogP contribution in [0.1, 0.15) is 16.4 Å². The Hall–Kier alpha value is -2.48. The summed E-state index contributed by atoms with van der Waals surface area (Å²) >= 11 is 1.52. The highest BCUT2D eigenvalue weighted by Crippen LogP contribution is 2.32. The molecule has 1 saturated heterocycles. The zero-order valence-electron chi connectivity index (χ0n) is 14.2. The van der Waals surface area contributed by atoms with Crippen molar-refractivity contribution in [2.45, 2.75) is 19.8 Å². The lowest BCUT2D eigenvalue weighted by Crippen LogP contribution is -2.34. The van der Waals surface area contributed by atoms with Crippen LogP contribution in [0.5, 0.6) is 5.75 Å². The summed E-state index contributed by atoms with van der Waals surface area (Å²) in [5, 5.41) is 12.7. The van der Waals surface area contributed by atoms with E-state index in [1.807, 2.05) is 25.1 Å². The summed E-state index contributed by atoms with van der Waals surface area (Å²) in [6.07, 6.45) is 0.857. The van der Waals surface area contributed by atoms with Gasteiger partial charge in [-0.15, -0.1) is 21.5 Å². The number of hydrogen-bond acceptors (Lipinski definition) is 6. The minimum Gasteiger partial charge on any atom is -0.495 e. The first kappa shape index (κ1) is 17.3. The van der Waals surface area contributed by atoms with Crippen LogP contribution in [0, 0.1) is 12.8 Å². The van der Waals surface area contributed by atoms with Gasteiger partial charge in [0.25, 0.3) is 0 Å². The van der Waals surface area contributed by atoms with Gasteiger partial charge >= 0.3 is 0 Å². The Bertz CT molecular complexity index is 777. The average Bonchev–Trinajstić information content (AvgIpc) is 3.20. The largest absolute Gasteiger partial charge is 0.495 e. The highest BCUT2D eigenvalue weighted by atomic mass is 32.1. The van der Waals surface area contributed by atoms with Gasteiger partial charge < -0.3 is 15.0 Å². The number of carbonyl (C=O) groups excluding carboxylic acids is 2. The van der Waals surface area contributed by atoms with Crippen LogP contribution in [0.25, 0.3) is 0 Å². The highest BCUT2D eigenvalue weighted by Gasteiger charge is 2.36. The number of anilines is 1. The van der Waals surface area contributed by atoms with Gasteiger partial charge in [0, 0.05) is 25.9 Å². The fraction of sp³-hybridized carbons (Fsp3) is 0.412. The monoisotopic (exact) mass is 360 g/mol. The maximum Gasteiger partial charge on any atom is 0.227 e. The third-order valence-corrected chi connectivity index (χ3v) is 4.98. The van der Waals surface area contributed by atoms with Crippen molar-refractivity contribution in [2.75, 3.05) is 25.1 Å². The first-order chi connectivity index (χ1) is 12.1. The molecule has 0 bridgehead atoms. The van der Waals surface area contributed by atoms with E-state index in [2.05, 4.69) is 15.5 Å². The normalized spacial score (nSPS) is 17.0. The highest BCUT2D eigenvalue weighted by molar-refractivity contribution is 7.11. The molecule has 2 amide bonds. The summed E-state index contributed by atoms with van der Waals surface area (Å²) in [6.45, 7) is 2.76. The van der Waals surface area contributed by atoms with E-state index in [0.29, 0.717) is 30.9 Å². The van der Waals surface area contributed by atoms with E-state index in [1.165, 1.54) is 11.3 Å². The van der Waals surface area contributed by atoms with E-state index in [4.69, 9.17) is 4.74 Å². The number of aromatic nitrogens is 2. The molecule has 132 valence electrons. The number of nitrogens with zero attached hydrogens (tertiary/aromatic N) is 3. The molecular formula is C17H20N4O3S. The molecule has 1 fully saturated rings. The first-order valence-corrected chi connectivity index (χ1v) is 8.90. The van der Waals surface area contributed by atoms with Crippen molar-refractivity contribution in [1.82, 2.24) is 15.5 Å². The molecule has 7 nitrogen and oxygen atoms in total. The number of para-hydroxylation sites is 2. The summed E-state index contributed by atoms with van der Waals surface area (Å²) in [5.41, 5.74) is 0.703. The van der Waals surface area contributed by atoms with Crippen molar-refractivity contribution < 1.29 is 14.3 Å². The van der Waals surface area contributed by atoms with Crippen LogP contribution in [-0.4, -0.2) is 42.2 Å². The predicted molar refractivity (Wildman–Crippen MR) is 94.8 cm³/mol. The fourth-order valence-electron chi connectivity index (χ4n) is 2.84. The second-order valence-electron chi connectivity index (χ2n) is 5.83. The van der Waals surface area contributed by atoms with Gasteiger partial charge in [-0.2, -0.15) is 0 Å². The van der Waals surface area contributed by atoms with E-state index >= 15 is 0 Å². The van der Waals surface area contributed by atoms with Gasteiger partial charge in [0.2, 0.25) is 11.8 Å². The van der Waals surface area contributed by atoms with Crippen LogP contribution in [0.4, 0.5) is 5.69 Å². The third kappa shape index (κ3) is 3.96. The van der Waals surface area contributed by atoms with E-state index in [0.717, 1.165) is 10.0 Å². The van der Waals surface area contributed by atoms with Crippen molar-refractivity contribution in [1.29, 1.82) is 0 Å². The van der Waals surface area contributed by atoms with Crippen molar-refractivity contribution in [3.05, 3.63) is 34.3 Å². The quantitative estimate of drug-likeness (QED) is 0.845. The minimum atomic E-state index is -0.353. The van der Waals surface area contributed by atoms with Crippen molar-refractivity contribution in [2.24, 2.45) is 5.92 Å². The standard InChI is InChI=1S/C17H20N4O3S/c1-11-19-20-15(25-11)7-8-18-17(23)12-9-16(22)21(10-12)13-5-3-4-6-14(13)24-2/h3-6,12H,7-10H2,1-2H3,(H,18,23). The fourth-order valence-corrected chi connectivity index (χ4v) is 3.55. The van der Waals surface area contributed by atoms with Crippen LogP contribution >= 0.6 is 11.3 Å². The summed E-state index contributed by atoms with van der Waals surface area (Å²) in [4.78, 5) is 26.3. The molecule has 8 heteroatoms. The lowest BCUT2D eigenvalue weighted by atomic mass is 10.1. The lowest BCUT2D eigenvalue weighted by molar-refractivity contribution is -0.126. The minimum absolute atomic E-state index is 0.0654. The predicted octanol–water partition coefficient (Wildman–Crippen LogP) is 1.57. The number of rotatable bonds is 6. The molecule has 0 spiro atoms. The molecule has 1 aromatic heterocycles. The molecule has 1 atom stereocenters. The number of methoxy groups -OCH3 is 1. The molecule has 1 N–H and O–H groups in total. The van der Waals surface area contributed by atoms with Crippen LogP contribution in [0.3, 0.4) is 0 Å². The van der Waals surface area contributed by atoms with Crippen LogP contribution in [-0.2, 0) is 16.0 Å². The Morgan fingerprint density at radius 3 is 2.92 bits per heavy atom. The maximum atomic E-state index is 12.4. The number of aryl methyl sites for hydroxylation is 1. The topological polar surface area (TPSA) is 84.4 Å². The second-order valence-corrected chi connectivity index (χ2v) is 7.10. The van der Waals surface area contributed by atoms with Gasteiger partial charge in [-0.25, -0.2) is 0 Å². The van der Waals surface area contributed by atoms with E-state index in [1.54, 1.807) is 18.1 Å². The number of nitrogens with one attached hydrogen (secondary N) is 1. The molecule has 0 aliphatic carbocycles. The molecule has 1 aromatic carbocycles. The molecule has 2 heterocycles. The van der Waals surface area contributed by atoms with E-state index < -0.39 is 0 Å². The van der Waals surface area contributed by atoms with Gasteiger partial charge in [-0.05, 0) is 19.1 Å². The Balaban J connectivity index is 1.57.